The van der Waals surface area contributed by atoms with Crippen molar-refractivity contribution < 1.29 is 4.39 Å². The largest absolute Gasteiger partial charge is 0.293 e. The number of rotatable bonds is 1. The molecule has 0 unspecified atom stereocenters. The Hall–Kier alpha value is -2.15. The fourth-order valence-electron chi connectivity index (χ4n) is 1.18. The van der Waals surface area contributed by atoms with E-state index >= 15 is 0 Å². The molecule has 4 heteroatoms. The maximum Gasteiger partial charge on any atom is 0.141 e. The Morgan fingerprint density at radius 1 is 1.36 bits per heavy atom. The molecule has 0 aliphatic carbocycles. The SMILES string of the molecule is N#Cc1cccn1-c1ccc(F)cn1. The van der Waals surface area contributed by atoms with Crippen molar-refractivity contribution in [3.05, 3.63) is 48.2 Å². The van der Waals surface area contributed by atoms with Gasteiger partial charge >= 0.3 is 0 Å². The highest BCUT2D eigenvalue weighted by Gasteiger charge is 2.02. The van der Waals surface area contributed by atoms with Crippen molar-refractivity contribution in [3.63, 3.8) is 0 Å². The van der Waals surface area contributed by atoms with Gasteiger partial charge in [-0.05, 0) is 24.3 Å². The summed E-state index contributed by atoms with van der Waals surface area (Å²) in [7, 11) is 0. The van der Waals surface area contributed by atoms with Gasteiger partial charge in [0.05, 0.1) is 6.20 Å². The molecule has 0 fully saturated rings. The van der Waals surface area contributed by atoms with Gasteiger partial charge < -0.3 is 0 Å². The average molecular weight is 187 g/mol. The second kappa shape index (κ2) is 3.30. The van der Waals surface area contributed by atoms with E-state index in [0.717, 1.165) is 6.20 Å². The molecule has 14 heavy (non-hydrogen) atoms. The van der Waals surface area contributed by atoms with Gasteiger partial charge in [0.25, 0.3) is 0 Å². The number of nitriles is 1. The lowest BCUT2D eigenvalue weighted by Crippen LogP contribution is -1.98. The van der Waals surface area contributed by atoms with Crippen LogP contribution in [-0.4, -0.2) is 9.55 Å². The molecule has 0 saturated carbocycles. The predicted molar refractivity (Wildman–Crippen MR) is 48.2 cm³/mol. The minimum Gasteiger partial charge on any atom is -0.293 e. The monoisotopic (exact) mass is 187 g/mol. The highest BCUT2D eigenvalue weighted by Crippen LogP contribution is 2.09. The Balaban J connectivity index is 2.50. The van der Waals surface area contributed by atoms with Gasteiger partial charge in [0.15, 0.2) is 0 Å². The van der Waals surface area contributed by atoms with Crippen LogP contribution >= 0.6 is 0 Å². The molecule has 3 nitrogen and oxygen atoms in total. The fourth-order valence-corrected chi connectivity index (χ4v) is 1.18. The van der Waals surface area contributed by atoms with Crippen LogP contribution in [0, 0.1) is 17.1 Å². The molecule has 0 saturated heterocycles. The summed E-state index contributed by atoms with van der Waals surface area (Å²) in [5.41, 5.74) is 0.476. The van der Waals surface area contributed by atoms with E-state index in [9.17, 15) is 4.39 Å². The van der Waals surface area contributed by atoms with E-state index < -0.39 is 0 Å². The molecule has 0 amide bonds. The lowest BCUT2D eigenvalue weighted by Gasteiger charge is -2.01. The van der Waals surface area contributed by atoms with Crippen molar-refractivity contribution in [1.29, 1.82) is 5.26 Å². The second-order valence-corrected chi connectivity index (χ2v) is 2.71. The van der Waals surface area contributed by atoms with Gasteiger partial charge in [-0.15, -0.1) is 0 Å². The molecular formula is C10H6FN3. The zero-order valence-corrected chi connectivity index (χ0v) is 7.18. The normalized spacial score (nSPS) is 9.71. The van der Waals surface area contributed by atoms with Gasteiger partial charge in [0.1, 0.15) is 23.4 Å². The molecule has 0 aliphatic rings. The molecule has 68 valence electrons. The highest BCUT2D eigenvalue weighted by molar-refractivity contribution is 5.33. The van der Waals surface area contributed by atoms with E-state index in [2.05, 4.69) is 4.98 Å². The van der Waals surface area contributed by atoms with Gasteiger partial charge in [0, 0.05) is 6.20 Å². The van der Waals surface area contributed by atoms with Gasteiger partial charge in [-0.2, -0.15) is 5.26 Å². The molecule has 0 radical (unpaired) electrons. The lowest BCUT2D eigenvalue weighted by atomic mass is 10.4. The van der Waals surface area contributed by atoms with E-state index in [-0.39, 0.29) is 5.82 Å². The van der Waals surface area contributed by atoms with Crippen molar-refractivity contribution in [1.82, 2.24) is 9.55 Å². The van der Waals surface area contributed by atoms with E-state index in [1.165, 1.54) is 12.1 Å². The molecule has 2 aromatic rings. The number of hydrogen-bond acceptors (Lipinski definition) is 2. The zero-order valence-electron chi connectivity index (χ0n) is 7.18. The number of halogens is 1. The Kier molecular flexibility index (Phi) is 1.99. The summed E-state index contributed by atoms with van der Waals surface area (Å²) in [5.74, 6) is 0.146. The zero-order chi connectivity index (χ0) is 9.97. The van der Waals surface area contributed by atoms with Gasteiger partial charge in [-0.25, -0.2) is 9.37 Å². The predicted octanol–water partition coefficient (Wildman–Crippen LogP) is 1.88. The molecule has 2 heterocycles. The quantitative estimate of drug-likeness (QED) is 0.684. The van der Waals surface area contributed by atoms with Crippen molar-refractivity contribution >= 4 is 0 Å². The Bertz CT molecular complexity index is 479. The lowest BCUT2D eigenvalue weighted by molar-refractivity contribution is 0.620. The van der Waals surface area contributed by atoms with E-state index in [4.69, 9.17) is 5.26 Å². The van der Waals surface area contributed by atoms with Crippen LogP contribution in [0.3, 0.4) is 0 Å². The molecule has 0 bridgehead atoms. The third-order valence-corrected chi connectivity index (χ3v) is 1.82. The number of nitrogens with zero attached hydrogens (tertiary/aromatic N) is 3. The first-order valence-corrected chi connectivity index (χ1v) is 4.00. The van der Waals surface area contributed by atoms with Crippen LogP contribution in [0.4, 0.5) is 4.39 Å². The van der Waals surface area contributed by atoms with Crippen LogP contribution in [-0.2, 0) is 0 Å². The van der Waals surface area contributed by atoms with Gasteiger partial charge in [0.2, 0.25) is 0 Å². The molecule has 0 atom stereocenters. The summed E-state index contributed by atoms with van der Waals surface area (Å²) in [6.45, 7) is 0. The fraction of sp³-hybridized carbons (Fsp3) is 0. The van der Waals surface area contributed by atoms with Crippen molar-refractivity contribution in [2.24, 2.45) is 0 Å². The molecular weight excluding hydrogens is 181 g/mol. The first-order valence-electron chi connectivity index (χ1n) is 4.00. The van der Waals surface area contributed by atoms with Crippen LogP contribution < -0.4 is 0 Å². The second-order valence-electron chi connectivity index (χ2n) is 2.71. The Labute approximate surface area is 80.1 Å². The summed E-state index contributed by atoms with van der Waals surface area (Å²) in [5, 5.41) is 8.75. The molecule has 0 aromatic carbocycles. The van der Waals surface area contributed by atoms with Crippen LogP contribution in [0.15, 0.2) is 36.7 Å². The summed E-state index contributed by atoms with van der Waals surface area (Å²) >= 11 is 0. The van der Waals surface area contributed by atoms with Crippen LogP contribution in [0.1, 0.15) is 5.69 Å². The van der Waals surface area contributed by atoms with Crippen LogP contribution in [0.5, 0.6) is 0 Å². The molecule has 2 aromatic heterocycles. The standard InChI is InChI=1S/C10H6FN3/c11-8-3-4-10(13-7-8)14-5-1-2-9(14)6-12/h1-5,7H. The topological polar surface area (TPSA) is 41.6 Å². The molecule has 0 spiro atoms. The Morgan fingerprint density at radius 2 is 2.21 bits per heavy atom. The van der Waals surface area contributed by atoms with Crippen LogP contribution in [0.25, 0.3) is 5.82 Å². The maximum absolute atomic E-state index is 12.6. The van der Waals surface area contributed by atoms with E-state index in [0.29, 0.717) is 11.5 Å². The minimum atomic E-state index is -0.389. The average Bonchev–Trinajstić information content (AvgIpc) is 2.67. The maximum atomic E-state index is 12.6. The summed E-state index contributed by atoms with van der Waals surface area (Å²) in [6.07, 6.45) is 2.83. The van der Waals surface area contributed by atoms with Gasteiger partial charge in [-0.1, -0.05) is 0 Å². The number of pyridine rings is 1. The van der Waals surface area contributed by atoms with Crippen LogP contribution in [0.2, 0.25) is 0 Å². The summed E-state index contributed by atoms with van der Waals surface area (Å²) < 4.78 is 14.2. The van der Waals surface area contributed by atoms with E-state index in [1.54, 1.807) is 22.9 Å². The van der Waals surface area contributed by atoms with Crippen molar-refractivity contribution in [2.45, 2.75) is 0 Å². The third-order valence-electron chi connectivity index (χ3n) is 1.82. The number of hydrogen-bond donors (Lipinski definition) is 0. The smallest absolute Gasteiger partial charge is 0.141 e. The summed E-state index contributed by atoms with van der Waals surface area (Å²) in [6, 6.07) is 8.26. The highest BCUT2D eigenvalue weighted by atomic mass is 19.1. The van der Waals surface area contributed by atoms with Crippen molar-refractivity contribution in [2.75, 3.05) is 0 Å². The summed E-state index contributed by atoms with van der Waals surface area (Å²) in [4.78, 5) is 3.87. The van der Waals surface area contributed by atoms with E-state index in [1.807, 2.05) is 6.07 Å². The first-order chi connectivity index (χ1) is 6.81. The Morgan fingerprint density at radius 3 is 2.86 bits per heavy atom. The molecule has 2 rings (SSSR count). The molecule has 0 aliphatic heterocycles. The number of aromatic nitrogens is 2. The minimum absolute atomic E-state index is 0.389. The first kappa shape index (κ1) is 8.45. The molecule has 0 N–H and O–H groups in total. The van der Waals surface area contributed by atoms with Gasteiger partial charge in [-0.3, -0.25) is 4.57 Å². The third kappa shape index (κ3) is 1.36. The van der Waals surface area contributed by atoms with Crippen molar-refractivity contribution in [3.8, 4) is 11.9 Å².